The van der Waals surface area contributed by atoms with Gasteiger partial charge in [0.2, 0.25) is 0 Å². The Morgan fingerprint density at radius 1 is 1.26 bits per heavy atom. The smallest absolute Gasteiger partial charge is 0.308 e. The summed E-state index contributed by atoms with van der Waals surface area (Å²) in [6.07, 6.45) is 2.57. The van der Waals surface area contributed by atoms with Crippen molar-refractivity contribution in [3.8, 4) is 5.75 Å². The van der Waals surface area contributed by atoms with Gasteiger partial charge in [0.05, 0.1) is 6.10 Å². The molecule has 0 amide bonds. The molecule has 6 heteroatoms. The van der Waals surface area contributed by atoms with Gasteiger partial charge in [0.25, 0.3) is 0 Å². The second-order valence-corrected chi connectivity index (χ2v) is 7.29. The number of aliphatic hydroxyl groups is 1. The van der Waals surface area contributed by atoms with Crippen molar-refractivity contribution in [3.63, 3.8) is 0 Å². The molecule has 0 saturated heterocycles. The second-order valence-electron chi connectivity index (χ2n) is 6.85. The van der Waals surface area contributed by atoms with E-state index in [1.807, 2.05) is 24.3 Å². The highest BCUT2D eigenvalue weighted by atomic mass is 35.5. The number of benzene rings is 2. The predicted molar refractivity (Wildman–Crippen MR) is 110 cm³/mol. The summed E-state index contributed by atoms with van der Waals surface area (Å²) in [6.45, 7) is 1.92. The molecule has 27 heavy (non-hydrogen) atoms. The van der Waals surface area contributed by atoms with Gasteiger partial charge in [-0.15, -0.1) is 12.4 Å². The molecule has 1 aliphatic rings. The summed E-state index contributed by atoms with van der Waals surface area (Å²) in [5.74, 6) is 0.734. The first kappa shape index (κ1) is 21.7. The van der Waals surface area contributed by atoms with Gasteiger partial charge in [-0.3, -0.25) is 4.79 Å². The number of carbonyl (C=O) groups is 1. The van der Waals surface area contributed by atoms with Crippen LogP contribution in [0.5, 0.6) is 5.75 Å². The van der Waals surface area contributed by atoms with Crippen molar-refractivity contribution in [1.82, 2.24) is 5.32 Å². The molecular formula is C21H25Cl2NO3. The Morgan fingerprint density at radius 3 is 2.78 bits per heavy atom. The Morgan fingerprint density at radius 2 is 2.04 bits per heavy atom. The molecule has 146 valence electrons. The number of hydrogen-bond donors (Lipinski definition) is 2. The van der Waals surface area contributed by atoms with Crippen LogP contribution < -0.4 is 10.1 Å². The highest BCUT2D eigenvalue weighted by molar-refractivity contribution is 6.30. The van der Waals surface area contributed by atoms with Crippen LogP contribution in [0.1, 0.15) is 49.3 Å². The number of halogens is 2. The monoisotopic (exact) mass is 409 g/mol. The molecular weight excluding hydrogens is 385 g/mol. The van der Waals surface area contributed by atoms with E-state index < -0.39 is 6.10 Å². The van der Waals surface area contributed by atoms with Gasteiger partial charge in [0, 0.05) is 24.5 Å². The van der Waals surface area contributed by atoms with Crippen LogP contribution in [0.2, 0.25) is 5.02 Å². The maximum Gasteiger partial charge on any atom is 0.308 e. The van der Waals surface area contributed by atoms with Gasteiger partial charge >= 0.3 is 5.97 Å². The lowest BCUT2D eigenvalue weighted by atomic mass is 9.97. The molecule has 0 bridgehead atoms. The van der Waals surface area contributed by atoms with E-state index >= 15 is 0 Å². The van der Waals surface area contributed by atoms with Gasteiger partial charge in [-0.2, -0.15) is 0 Å². The molecule has 1 aliphatic carbocycles. The summed E-state index contributed by atoms with van der Waals surface area (Å²) >= 11 is 5.98. The topological polar surface area (TPSA) is 58.6 Å². The van der Waals surface area contributed by atoms with E-state index in [9.17, 15) is 9.90 Å². The summed E-state index contributed by atoms with van der Waals surface area (Å²) in [5.41, 5.74) is 2.03. The quantitative estimate of drug-likeness (QED) is 0.538. The summed E-state index contributed by atoms with van der Waals surface area (Å²) < 4.78 is 5.18. The number of ether oxygens (including phenoxy) is 1. The van der Waals surface area contributed by atoms with Crippen LogP contribution in [0, 0.1) is 0 Å². The predicted octanol–water partition coefficient (Wildman–Crippen LogP) is 4.65. The average molecular weight is 410 g/mol. The van der Waals surface area contributed by atoms with E-state index in [0.29, 0.717) is 29.3 Å². The zero-order valence-electron chi connectivity index (χ0n) is 15.2. The molecule has 0 aliphatic heterocycles. The molecule has 2 aromatic carbocycles. The minimum Gasteiger partial charge on any atom is -0.427 e. The average Bonchev–Trinajstić information content (AvgIpc) is 3.08. The highest BCUT2D eigenvalue weighted by Crippen LogP contribution is 2.36. The summed E-state index contributed by atoms with van der Waals surface area (Å²) in [7, 11) is 0. The van der Waals surface area contributed by atoms with Gasteiger partial charge in [-0.05, 0) is 60.6 Å². The summed E-state index contributed by atoms with van der Waals surface area (Å²) in [5, 5.41) is 14.4. The first-order valence-corrected chi connectivity index (χ1v) is 9.34. The fraction of sp³-hybridized carbons (Fsp3) is 0.381. The lowest BCUT2D eigenvalue weighted by Crippen LogP contribution is -2.30. The van der Waals surface area contributed by atoms with Crippen molar-refractivity contribution in [1.29, 1.82) is 0 Å². The van der Waals surface area contributed by atoms with E-state index in [1.165, 1.54) is 12.5 Å². The van der Waals surface area contributed by atoms with E-state index in [1.54, 1.807) is 18.2 Å². The zero-order chi connectivity index (χ0) is 18.5. The van der Waals surface area contributed by atoms with Crippen LogP contribution in [0.4, 0.5) is 0 Å². The SMILES string of the molecule is CC(=O)Oc1cccc(C2CCC(NCC(O)c3cccc(Cl)c3)C2)c1.Cl. The maximum absolute atomic E-state index is 11.1. The van der Waals surface area contributed by atoms with Crippen LogP contribution in [0.3, 0.4) is 0 Å². The molecule has 1 fully saturated rings. The van der Waals surface area contributed by atoms with E-state index in [4.69, 9.17) is 16.3 Å². The van der Waals surface area contributed by atoms with Crippen LogP contribution >= 0.6 is 24.0 Å². The minimum absolute atomic E-state index is 0. The van der Waals surface area contributed by atoms with Crippen molar-refractivity contribution < 1.29 is 14.6 Å². The molecule has 4 nitrogen and oxygen atoms in total. The third-order valence-electron chi connectivity index (χ3n) is 4.86. The molecule has 3 rings (SSSR count). The summed E-state index contributed by atoms with van der Waals surface area (Å²) in [6, 6.07) is 15.5. The maximum atomic E-state index is 11.1. The van der Waals surface area contributed by atoms with Gasteiger partial charge in [-0.1, -0.05) is 35.9 Å². The van der Waals surface area contributed by atoms with E-state index in [2.05, 4.69) is 11.4 Å². The van der Waals surface area contributed by atoms with Crippen molar-refractivity contribution in [2.75, 3.05) is 6.54 Å². The lowest BCUT2D eigenvalue weighted by molar-refractivity contribution is -0.131. The Bertz CT molecular complexity index is 769. The van der Waals surface area contributed by atoms with Crippen molar-refractivity contribution in [2.24, 2.45) is 0 Å². The van der Waals surface area contributed by atoms with Crippen LogP contribution in [0.25, 0.3) is 0 Å². The number of rotatable bonds is 6. The Hall–Kier alpha value is -1.59. The van der Waals surface area contributed by atoms with Gasteiger partial charge in [0.1, 0.15) is 5.75 Å². The van der Waals surface area contributed by atoms with Gasteiger partial charge < -0.3 is 15.2 Å². The first-order chi connectivity index (χ1) is 12.5. The molecule has 2 N–H and O–H groups in total. The first-order valence-electron chi connectivity index (χ1n) is 8.96. The molecule has 0 heterocycles. The molecule has 0 radical (unpaired) electrons. The second kappa shape index (κ2) is 10.1. The van der Waals surface area contributed by atoms with E-state index in [-0.39, 0.29) is 18.4 Å². The van der Waals surface area contributed by atoms with Gasteiger partial charge in [0.15, 0.2) is 0 Å². The number of esters is 1. The molecule has 0 aromatic heterocycles. The standard InChI is InChI=1S/C21H24ClNO3.ClH/c1-14(24)26-20-7-3-4-15(12-20)16-8-9-19(11-16)23-13-21(25)17-5-2-6-18(22)10-17;/h2-7,10,12,16,19,21,23,25H,8-9,11,13H2,1H3;1H. The fourth-order valence-electron chi connectivity index (χ4n) is 3.58. The Balaban J connectivity index is 0.00000261. The van der Waals surface area contributed by atoms with E-state index in [0.717, 1.165) is 24.8 Å². The Labute approximate surface area is 171 Å². The van der Waals surface area contributed by atoms with Crippen LogP contribution in [-0.2, 0) is 4.79 Å². The number of aliphatic hydroxyl groups excluding tert-OH is 1. The Kier molecular flexibility index (Phi) is 8.11. The summed E-state index contributed by atoms with van der Waals surface area (Å²) in [4.78, 5) is 11.1. The minimum atomic E-state index is -0.569. The lowest BCUT2D eigenvalue weighted by Gasteiger charge is -2.17. The molecule has 2 aromatic rings. The van der Waals surface area contributed by atoms with Crippen molar-refractivity contribution >= 4 is 30.0 Å². The van der Waals surface area contributed by atoms with Gasteiger partial charge in [-0.25, -0.2) is 0 Å². The number of hydrogen-bond acceptors (Lipinski definition) is 4. The van der Waals surface area contributed by atoms with Crippen molar-refractivity contribution in [3.05, 3.63) is 64.7 Å². The molecule has 0 spiro atoms. The molecule has 3 unspecified atom stereocenters. The zero-order valence-corrected chi connectivity index (χ0v) is 16.8. The molecule has 3 atom stereocenters. The normalized spacial score (nSPS) is 20.0. The third kappa shape index (κ3) is 6.22. The molecule has 1 saturated carbocycles. The van der Waals surface area contributed by atoms with Crippen molar-refractivity contribution in [2.45, 2.75) is 44.2 Å². The van der Waals surface area contributed by atoms with Crippen LogP contribution in [0.15, 0.2) is 48.5 Å². The number of nitrogens with one attached hydrogen (secondary N) is 1. The van der Waals surface area contributed by atoms with Crippen LogP contribution in [-0.4, -0.2) is 23.7 Å². The largest absolute Gasteiger partial charge is 0.427 e. The highest BCUT2D eigenvalue weighted by Gasteiger charge is 2.26. The third-order valence-corrected chi connectivity index (χ3v) is 5.09. The number of carbonyl (C=O) groups excluding carboxylic acids is 1. The fourth-order valence-corrected chi connectivity index (χ4v) is 3.78.